The zero-order valence-corrected chi connectivity index (χ0v) is 15.8. The van der Waals surface area contributed by atoms with Crippen LogP contribution in [-0.2, 0) is 4.74 Å². The second kappa shape index (κ2) is 8.05. The fraction of sp³-hybridized carbons (Fsp3) is 0.333. The summed E-state index contributed by atoms with van der Waals surface area (Å²) >= 11 is 1.41. The lowest BCUT2D eigenvalue weighted by Crippen LogP contribution is -3.14. The molecule has 28 heavy (non-hydrogen) atoms. The van der Waals surface area contributed by atoms with Crippen molar-refractivity contribution in [2.75, 3.05) is 44.3 Å². The van der Waals surface area contributed by atoms with Crippen molar-refractivity contribution in [3.63, 3.8) is 0 Å². The molecule has 1 aromatic carbocycles. The van der Waals surface area contributed by atoms with Crippen LogP contribution < -0.4 is 9.80 Å². The van der Waals surface area contributed by atoms with Crippen LogP contribution in [0.25, 0.3) is 10.2 Å². The molecule has 0 radical (unpaired) electrons. The van der Waals surface area contributed by atoms with Crippen molar-refractivity contribution in [2.24, 2.45) is 0 Å². The Bertz CT molecular complexity index is 962. The van der Waals surface area contributed by atoms with E-state index in [-0.39, 0.29) is 5.76 Å². The van der Waals surface area contributed by atoms with Gasteiger partial charge in [-0.2, -0.15) is 0 Å². The SMILES string of the molecule is O=C(c1ccc([N+](=O)[O-])o1)N(CC[NH+]1CCOCC1)c1nc2ccccc2s1. The second-order valence-electron chi connectivity index (χ2n) is 6.43. The number of benzene rings is 1. The molecule has 146 valence electrons. The summed E-state index contributed by atoms with van der Waals surface area (Å²) in [5, 5.41) is 11.4. The molecule has 1 N–H and O–H groups in total. The number of hydrogen-bond acceptors (Lipinski definition) is 7. The largest absolute Gasteiger partial charge is 0.433 e. The van der Waals surface area contributed by atoms with E-state index in [0.717, 1.165) is 29.9 Å². The number of nitro groups is 1. The fourth-order valence-electron chi connectivity index (χ4n) is 3.11. The number of aromatic nitrogens is 1. The van der Waals surface area contributed by atoms with E-state index in [9.17, 15) is 14.9 Å². The van der Waals surface area contributed by atoms with Crippen molar-refractivity contribution in [2.45, 2.75) is 0 Å². The Kier molecular flexibility index (Phi) is 5.33. The molecule has 3 aromatic rings. The minimum Gasteiger partial charge on any atom is -0.395 e. The number of thiazole rings is 1. The van der Waals surface area contributed by atoms with Gasteiger partial charge < -0.3 is 14.1 Å². The van der Waals surface area contributed by atoms with E-state index in [1.807, 2.05) is 24.3 Å². The normalized spacial score (nSPS) is 15.0. The van der Waals surface area contributed by atoms with Crippen LogP contribution >= 0.6 is 11.3 Å². The number of rotatable bonds is 6. The molecule has 1 saturated heterocycles. The summed E-state index contributed by atoms with van der Waals surface area (Å²) in [4.78, 5) is 30.8. The first kappa shape index (κ1) is 18.5. The summed E-state index contributed by atoms with van der Waals surface area (Å²) in [6.07, 6.45) is 0. The average molecular weight is 403 g/mol. The Labute approximate surface area is 164 Å². The van der Waals surface area contributed by atoms with Gasteiger partial charge in [0.25, 0.3) is 5.91 Å². The maximum absolute atomic E-state index is 13.1. The van der Waals surface area contributed by atoms with Crippen LogP contribution in [0, 0.1) is 10.1 Å². The molecule has 1 aliphatic rings. The predicted molar refractivity (Wildman–Crippen MR) is 103 cm³/mol. The van der Waals surface area contributed by atoms with E-state index in [4.69, 9.17) is 9.15 Å². The number of anilines is 1. The Morgan fingerprint density at radius 1 is 1.25 bits per heavy atom. The van der Waals surface area contributed by atoms with Crippen LogP contribution in [0.3, 0.4) is 0 Å². The highest BCUT2D eigenvalue weighted by molar-refractivity contribution is 7.22. The highest BCUT2D eigenvalue weighted by Crippen LogP contribution is 2.30. The quantitative estimate of drug-likeness (QED) is 0.492. The van der Waals surface area contributed by atoms with Crippen molar-refractivity contribution in [1.29, 1.82) is 0 Å². The second-order valence-corrected chi connectivity index (χ2v) is 7.44. The molecule has 3 heterocycles. The number of hydrogen-bond donors (Lipinski definition) is 1. The molecule has 0 aliphatic carbocycles. The molecule has 0 bridgehead atoms. The lowest BCUT2D eigenvalue weighted by Gasteiger charge is -2.26. The van der Waals surface area contributed by atoms with E-state index in [1.54, 1.807) is 4.90 Å². The smallest absolute Gasteiger partial charge is 0.395 e. The number of ether oxygens (including phenoxy) is 1. The number of furan rings is 1. The van der Waals surface area contributed by atoms with Crippen LogP contribution in [0.1, 0.15) is 10.6 Å². The summed E-state index contributed by atoms with van der Waals surface area (Å²) in [6, 6.07) is 10.2. The van der Waals surface area contributed by atoms with E-state index >= 15 is 0 Å². The number of carbonyl (C=O) groups excluding carboxylic acids is 1. The van der Waals surface area contributed by atoms with Crippen LogP contribution in [-0.4, -0.2) is 55.2 Å². The van der Waals surface area contributed by atoms with Crippen molar-refractivity contribution in [3.8, 4) is 0 Å². The Balaban J connectivity index is 1.61. The van der Waals surface area contributed by atoms with Crippen molar-refractivity contribution < 1.29 is 23.8 Å². The third-order valence-electron chi connectivity index (χ3n) is 4.63. The van der Waals surface area contributed by atoms with Crippen molar-refractivity contribution in [3.05, 3.63) is 52.3 Å². The molecule has 10 heteroatoms. The van der Waals surface area contributed by atoms with Gasteiger partial charge in [-0.15, -0.1) is 0 Å². The van der Waals surface area contributed by atoms with Crippen LogP contribution in [0.4, 0.5) is 11.0 Å². The maximum Gasteiger partial charge on any atom is 0.433 e. The molecule has 1 amide bonds. The molecule has 2 aromatic heterocycles. The fourth-order valence-corrected chi connectivity index (χ4v) is 4.10. The predicted octanol–water partition coefficient (Wildman–Crippen LogP) is 1.36. The van der Waals surface area contributed by atoms with Gasteiger partial charge >= 0.3 is 5.88 Å². The van der Waals surface area contributed by atoms with Gasteiger partial charge in [0, 0.05) is 0 Å². The summed E-state index contributed by atoms with van der Waals surface area (Å²) in [5.41, 5.74) is 0.810. The van der Waals surface area contributed by atoms with E-state index in [0.29, 0.717) is 24.9 Å². The number of morpholine rings is 1. The molecule has 0 spiro atoms. The Hall–Kier alpha value is -2.82. The number of para-hydroxylation sites is 1. The lowest BCUT2D eigenvalue weighted by atomic mass is 10.3. The van der Waals surface area contributed by atoms with Crippen molar-refractivity contribution >= 4 is 38.5 Å². The van der Waals surface area contributed by atoms with Gasteiger partial charge in [-0.1, -0.05) is 23.5 Å². The molecule has 1 fully saturated rings. The molecule has 4 rings (SSSR count). The maximum atomic E-state index is 13.1. The topological polar surface area (TPSA) is 103 Å². The standard InChI is InChI=1S/C18H18N4O5S/c23-17(14-5-6-16(27-14)22(24)25)21(8-7-20-9-11-26-12-10-20)18-19-13-3-1-2-4-15(13)28-18/h1-6H,7-12H2/p+1. The number of nitrogens with one attached hydrogen (secondary N) is 1. The third kappa shape index (κ3) is 3.88. The molecule has 0 atom stereocenters. The minimum absolute atomic E-state index is 0.0667. The van der Waals surface area contributed by atoms with Crippen LogP contribution in [0.15, 0.2) is 40.8 Å². The van der Waals surface area contributed by atoms with E-state index in [1.165, 1.54) is 28.4 Å². The number of carbonyl (C=O) groups is 1. The highest BCUT2D eigenvalue weighted by atomic mass is 32.1. The monoisotopic (exact) mass is 403 g/mol. The van der Waals surface area contributed by atoms with Gasteiger partial charge in [-0.05, 0) is 18.2 Å². The minimum atomic E-state index is -0.656. The molecule has 0 saturated carbocycles. The molecular weight excluding hydrogens is 384 g/mol. The Morgan fingerprint density at radius 3 is 2.75 bits per heavy atom. The first-order valence-electron chi connectivity index (χ1n) is 8.95. The van der Waals surface area contributed by atoms with Gasteiger partial charge in [0.05, 0.1) is 42.6 Å². The van der Waals surface area contributed by atoms with Crippen molar-refractivity contribution in [1.82, 2.24) is 4.98 Å². The summed E-state index contributed by atoms with van der Waals surface area (Å²) < 4.78 is 11.5. The van der Waals surface area contributed by atoms with Gasteiger partial charge in [0.15, 0.2) is 10.9 Å². The first-order valence-corrected chi connectivity index (χ1v) is 9.76. The third-order valence-corrected chi connectivity index (χ3v) is 5.69. The van der Waals surface area contributed by atoms with Gasteiger partial charge in [-0.25, -0.2) is 4.98 Å². The van der Waals surface area contributed by atoms with Gasteiger partial charge in [0.2, 0.25) is 0 Å². The zero-order valence-electron chi connectivity index (χ0n) is 15.0. The summed E-state index contributed by atoms with van der Waals surface area (Å²) in [5.74, 6) is -0.950. The van der Waals surface area contributed by atoms with E-state index in [2.05, 4.69) is 4.98 Å². The number of quaternary nitrogens is 1. The number of nitrogens with zero attached hydrogens (tertiary/aromatic N) is 3. The average Bonchev–Trinajstić information content (AvgIpc) is 3.36. The zero-order chi connectivity index (χ0) is 19.5. The first-order chi connectivity index (χ1) is 13.6. The van der Waals surface area contributed by atoms with Gasteiger partial charge in [-0.3, -0.25) is 19.8 Å². The molecular formula is C18H19N4O5S+. The highest BCUT2D eigenvalue weighted by Gasteiger charge is 2.27. The molecule has 0 unspecified atom stereocenters. The van der Waals surface area contributed by atoms with Crippen LogP contribution in [0.5, 0.6) is 0 Å². The summed E-state index contributed by atoms with van der Waals surface area (Å²) in [7, 11) is 0. The molecule has 9 nitrogen and oxygen atoms in total. The number of fused-ring (bicyclic) bond motifs is 1. The Morgan fingerprint density at radius 2 is 2.04 bits per heavy atom. The molecule has 1 aliphatic heterocycles. The van der Waals surface area contributed by atoms with Crippen LogP contribution in [0.2, 0.25) is 0 Å². The van der Waals surface area contributed by atoms with Gasteiger partial charge in [0.1, 0.15) is 18.0 Å². The summed E-state index contributed by atoms with van der Waals surface area (Å²) in [6.45, 7) is 4.34. The van der Waals surface area contributed by atoms with E-state index < -0.39 is 16.7 Å². The lowest BCUT2D eigenvalue weighted by molar-refractivity contribution is -0.906. The number of amides is 1.